The van der Waals surface area contributed by atoms with Crippen LogP contribution in [0, 0.1) is 0 Å². The SMILES string of the molecule is COc1ccc(NCCC(=O)N2c3ccccc3CC2C)cc1Cl. The molecule has 24 heavy (non-hydrogen) atoms. The maximum absolute atomic E-state index is 12.6. The van der Waals surface area contributed by atoms with Crippen LogP contribution in [-0.4, -0.2) is 25.6 Å². The maximum atomic E-state index is 12.6. The number of para-hydroxylation sites is 1. The Balaban J connectivity index is 1.59. The Morgan fingerprint density at radius 3 is 2.88 bits per heavy atom. The van der Waals surface area contributed by atoms with Gasteiger partial charge < -0.3 is 15.0 Å². The Bertz CT molecular complexity index is 748. The molecule has 0 radical (unpaired) electrons. The third-order valence-corrected chi connectivity index (χ3v) is 4.59. The highest BCUT2D eigenvalue weighted by molar-refractivity contribution is 6.32. The largest absolute Gasteiger partial charge is 0.495 e. The summed E-state index contributed by atoms with van der Waals surface area (Å²) in [6.45, 7) is 2.65. The predicted octanol–water partition coefficient (Wildman–Crippen LogP) is 4.13. The molecule has 1 unspecified atom stereocenters. The topological polar surface area (TPSA) is 41.6 Å². The zero-order chi connectivity index (χ0) is 17.1. The van der Waals surface area contributed by atoms with Crippen LogP contribution in [0.4, 0.5) is 11.4 Å². The average molecular weight is 345 g/mol. The molecule has 0 fully saturated rings. The lowest BCUT2D eigenvalue weighted by Crippen LogP contribution is -2.36. The average Bonchev–Trinajstić information content (AvgIpc) is 2.90. The van der Waals surface area contributed by atoms with Crippen molar-refractivity contribution in [2.45, 2.75) is 25.8 Å². The number of hydrogen-bond donors (Lipinski definition) is 1. The number of carbonyl (C=O) groups is 1. The Morgan fingerprint density at radius 1 is 1.33 bits per heavy atom. The standard InChI is InChI=1S/C19H21ClN2O2/c1-13-11-14-5-3-4-6-17(14)22(13)19(23)9-10-21-15-7-8-18(24-2)16(20)12-15/h3-8,12-13,21H,9-11H2,1-2H3. The molecular formula is C19H21ClN2O2. The normalized spacial score (nSPS) is 16.0. The van der Waals surface area contributed by atoms with Crippen LogP contribution in [-0.2, 0) is 11.2 Å². The van der Waals surface area contributed by atoms with Crippen LogP contribution < -0.4 is 15.0 Å². The minimum Gasteiger partial charge on any atom is -0.495 e. The lowest BCUT2D eigenvalue weighted by atomic mass is 10.1. The van der Waals surface area contributed by atoms with Gasteiger partial charge in [-0.2, -0.15) is 0 Å². The van der Waals surface area contributed by atoms with Crippen molar-refractivity contribution in [3.8, 4) is 5.75 Å². The van der Waals surface area contributed by atoms with Crippen molar-refractivity contribution >= 4 is 28.9 Å². The highest BCUT2D eigenvalue weighted by atomic mass is 35.5. The number of rotatable bonds is 5. The first-order valence-electron chi connectivity index (χ1n) is 8.07. The predicted molar refractivity (Wildman–Crippen MR) is 98.2 cm³/mol. The summed E-state index contributed by atoms with van der Waals surface area (Å²) in [6.07, 6.45) is 1.35. The van der Waals surface area contributed by atoms with Gasteiger partial charge in [-0.1, -0.05) is 29.8 Å². The van der Waals surface area contributed by atoms with E-state index in [4.69, 9.17) is 16.3 Å². The number of ether oxygens (including phenoxy) is 1. The molecular weight excluding hydrogens is 324 g/mol. The molecule has 4 nitrogen and oxygen atoms in total. The van der Waals surface area contributed by atoms with Crippen molar-refractivity contribution in [2.75, 3.05) is 23.9 Å². The first kappa shape index (κ1) is 16.7. The zero-order valence-electron chi connectivity index (χ0n) is 13.9. The van der Waals surface area contributed by atoms with E-state index in [1.807, 2.05) is 35.2 Å². The zero-order valence-corrected chi connectivity index (χ0v) is 14.6. The Kier molecular flexibility index (Phi) is 4.95. The first-order chi connectivity index (χ1) is 11.6. The summed E-state index contributed by atoms with van der Waals surface area (Å²) in [5.41, 5.74) is 3.17. The Labute approximate surface area is 147 Å². The molecule has 1 aliphatic heterocycles. The van der Waals surface area contributed by atoms with E-state index in [1.54, 1.807) is 13.2 Å². The van der Waals surface area contributed by atoms with Gasteiger partial charge in [-0.15, -0.1) is 0 Å². The molecule has 126 valence electrons. The van der Waals surface area contributed by atoms with Crippen LogP contribution >= 0.6 is 11.6 Å². The number of carbonyl (C=O) groups excluding carboxylic acids is 1. The lowest BCUT2D eigenvalue weighted by molar-refractivity contribution is -0.118. The van der Waals surface area contributed by atoms with Crippen molar-refractivity contribution in [3.05, 3.63) is 53.1 Å². The van der Waals surface area contributed by atoms with Crippen molar-refractivity contribution < 1.29 is 9.53 Å². The molecule has 1 atom stereocenters. The van der Waals surface area contributed by atoms with Gasteiger partial charge in [0.2, 0.25) is 5.91 Å². The van der Waals surface area contributed by atoms with Gasteiger partial charge in [0, 0.05) is 30.4 Å². The van der Waals surface area contributed by atoms with E-state index in [0.717, 1.165) is 17.8 Å². The summed E-state index contributed by atoms with van der Waals surface area (Å²) in [5.74, 6) is 0.778. The van der Waals surface area contributed by atoms with Gasteiger partial charge in [0.05, 0.1) is 12.1 Å². The van der Waals surface area contributed by atoms with E-state index in [1.165, 1.54) is 5.56 Å². The molecule has 3 rings (SSSR count). The highest BCUT2D eigenvalue weighted by Gasteiger charge is 2.29. The molecule has 0 spiro atoms. The van der Waals surface area contributed by atoms with Gasteiger partial charge in [-0.3, -0.25) is 4.79 Å². The molecule has 2 aromatic rings. The van der Waals surface area contributed by atoms with Crippen LogP contribution in [0.25, 0.3) is 0 Å². The van der Waals surface area contributed by atoms with E-state index < -0.39 is 0 Å². The van der Waals surface area contributed by atoms with Crippen molar-refractivity contribution in [2.24, 2.45) is 0 Å². The highest BCUT2D eigenvalue weighted by Crippen LogP contribution is 2.32. The van der Waals surface area contributed by atoms with Gasteiger partial charge in [0.15, 0.2) is 0 Å². The summed E-state index contributed by atoms with van der Waals surface area (Å²) in [5, 5.41) is 3.79. The van der Waals surface area contributed by atoms with Gasteiger partial charge in [0.25, 0.3) is 0 Å². The summed E-state index contributed by atoms with van der Waals surface area (Å²) in [7, 11) is 1.59. The van der Waals surface area contributed by atoms with E-state index >= 15 is 0 Å². The smallest absolute Gasteiger partial charge is 0.229 e. The molecule has 1 N–H and O–H groups in total. The van der Waals surface area contributed by atoms with Crippen LogP contribution in [0.15, 0.2) is 42.5 Å². The second-order valence-electron chi connectivity index (χ2n) is 5.97. The summed E-state index contributed by atoms with van der Waals surface area (Å²) in [4.78, 5) is 14.5. The van der Waals surface area contributed by atoms with Gasteiger partial charge in [-0.05, 0) is 43.2 Å². The molecule has 0 saturated heterocycles. The number of anilines is 2. The number of halogens is 1. The number of amides is 1. The Morgan fingerprint density at radius 2 is 2.12 bits per heavy atom. The van der Waals surface area contributed by atoms with E-state index in [9.17, 15) is 4.79 Å². The fraction of sp³-hybridized carbons (Fsp3) is 0.316. The molecule has 2 aromatic carbocycles. The minimum atomic E-state index is 0.138. The molecule has 0 aliphatic carbocycles. The monoisotopic (exact) mass is 344 g/mol. The molecule has 0 bridgehead atoms. The molecule has 1 amide bonds. The van der Waals surface area contributed by atoms with Crippen LogP contribution in [0.3, 0.4) is 0 Å². The number of nitrogens with zero attached hydrogens (tertiary/aromatic N) is 1. The second kappa shape index (κ2) is 7.14. The lowest BCUT2D eigenvalue weighted by Gasteiger charge is -2.23. The van der Waals surface area contributed by atoms with E-state index in [-0.39, 0.29) is 11.9 Å². The quantitative estimate of drug-likeness (QED) is 0.886. The minimum absolute atomic E-state index is 0.138. The third-order valence-electron chi connectivity index (χ3n) is 4.30. The summed E-state index contributed by atoms with van der Waals surface area (Å²) < 4.78 is 5.13. The van der Waals surface area contributed by atoms with Gasteiger partial charge in [-0.25, -0.2) is 0 Å². The van der Waals surface area contributed by atoms with Crippen molar-refractivity contribution in [1.29, 1.82) is 0 Å². The van der Waals surface area contributed by atoms with Crippen molar-refractivity contribution in [3.63, 3.8) is 0 Å². The molecule has 0 saturated carbocycles. The van der Waals surface area contributed by atoms with Crippen LogP contribution in [0.2, 0.25) is 5.02 Å². The number of benzene rings is 2. The number of methoxy groups -OCH3 is 1. The van der Waals surface area contributed by atoms with Gasteiger partial charge in [0.1, 0.15) is 5.75 Å². The van der Waals surface area contributed by atoms with Crippen molar-refractivity contribution in [1.82, 2.24) is 0 Å². The molecule has 5 heteroatoms. The fourth-order valence-corrected chi connectivity index (χ4v) is 3.41. The molecule has 0 aromatic heterocycles. The maximum Gasteiger partial charge on any atom is 0.229 e. The van der Waals surface area contributed by atoms with E-state index in [2.05, 4.69) is 18.3 Å². The summed E-state index contributed by atoms with van der Waals surface area (Å²) >= 11 is 6.11. The van der Waals surface area contributed by atoms with Gasteiger partial charge >= 0.3 is 0 Å². The number of hydrogen-bond acceptors (Lipinski definition) is 3. The number of fused-ring (bicyclic) bond motifs is 1. The Hall–Kier alpha value is -2.20. The van der Waals surface area contributed by atoms with Crippen LogP contribution in [0.1, 0.15) is 18.9 Å². The third kappa shape index (κ3) is 3.34. The molecule has 1 heterocycles. The second-order valence-corrected chi connectivity index (χ2v) is 6.38. The number of nitrogens with one attached hydrogen (secondary N) is 1. The summed E-state index contributed by atoms with van der Waals surface area (Å²) in [6, 6.07) is 13.8. The van der Waals surface area contributed by atoms with E-state index in [0.29, 0.717) is 23.7 Å². The molecule has 1 aliphatic rings. The van der Waals surface area contributed by atoms with Crippen LogP contribution in [0.5, 0.6) is 5.75 Å². The fourth-order valence-electron chi connectivity index (χ4n) is 3.16. The first-order valence-corrected chi connectivity index (χ1v) is 8.45.